The van der Waals surface area contributed by atoms with Gasteiger partial charge in [0.1, 0.15) is 5.82 Å². The first kappa shape index (κ1) is 17.5. The number of rotatable bonds is 3. The average Bonchev–Trinajstić information content (AvgIpc) is 3.05. The zero-order valence-corrected chi connectivity index (χ0v) is 14.8. The number of H-pyrrole nitrogens is 1. The van der Waals surface area contributed by atoms with Crippen molar-refractivity contribution in [1.29, 1.82) is 5.53 Å². The number of fused-ring (bicyclic) bond motifs is 3. The summed E-state index contributed by atoms with van der Waals surface area (Å²) in [6.45, 7) is 1.41. The Morgan fingerprint density at radius 2 is 1.86 bits per heavy atom. The second-order valence-corrected chi connectivity index (χ2v) is 6.37. The first-order valence-electron chi connectivity index (χ1n) is 8.52. The minimum Gasteiger partial charge on any atom is -0.354 e. The van der Waals surface area contributed by atoms with Gasteiger partial charge in [-0.05, 0) is 29.8 Å². The number of amides is 2. The molecule has 1 aromatic heterocycles. The fraction of sp³-hybridized carbons (Fsp3) is 0.0476. The van der Waals surface area contributed by atoms with Gasteiger partial charge in [-0.3, -0.25) is 9.59 Å². The molecule has 0 aliphatic carbocycles. The Hall–Kier alpha value is -3.87. The highest BCUT2D eigenvalue weighted by Gasteiger charge is 2.19. The Balaban J connectivity index is 2.09. The van der Waals surface area contributed by atoms with Crippen LogP contribution < -0.4 is 5.32 Å². The molecule has 0 aliphatic heterocycles. The number of carbonyl (C=O) groups excluding carboxylic acids is 2. The molecular weight excluding hydrogens is 359 g/mol. The monoisotopic (exact) mass is 374 g/mol. The van der Waals surface area contributed by atoms with Crippen LogP contribution in [0.25, 0.3) is 32.9 Å². The van der Waals surface area contributed by atoms with Gasteiger partial charge in [-0.15, -0.1) is 5.11 Å². The van der Waals surface area contributed by atoms with E-state index >= 15 is 0 Å². The molecule has 0 saturated carbocycles. The van der Waals surface area contributed by atoms with Crippen LogP contribution in [0.1, 0.15) is 17.3 Å². The third-order valence-electron chi connectivity index (χ3n) is 4.57. The van der Waals surface area contributed by atoms with Crippen molar-refractivity contribution in [3.05, 3.63) is 66.0 Å². The number of nitrogens with zero attached hydrogens (tertiary/aromatic N) is 1. The van der Waals surface area contributed by atoms with Gasteiger partial charge < -0.3 is 10.3 Å². The lowest BCUT2D eigenvalue weighted by atomic mass is 9.96. The van der Waals surface area contributed by atoms with Crippen molar-refractivity contribution in [3.8, 4) is 11.1 Å². The van der Waals surface area contributed by atoms with E-state index in [1.54, 1.807) is 42.5 Å². The zero-order valence-electron chi connectivity index (χ0n) is 14.8. The Bertz CT molecular complexity index is 1280. The summed E-state index contributed by atoms with van der Waals surface area (Å²) in [5, 5.41) is 7.15. The maximum atomic E-state index is 14.5. The van der Waals surface area contributed by atoms with Crippen molar-refractivity contribution < 1.29 is 14.0 Å². The van der Waals surface area contributed by atoms with Gasteiger partial charge in [-0.2, -0.15) is 0 Å². The van der Waals surface area contributed by atoms with E-state index in [1.807, 2.05) is 0 Å². The summed E-state index contributed by atoms with van der Waals surface area (Å²) in [4.78, 5) is 26.6. The molecule has 2 amide bonds. The third kappa shape index (κ3) is 2.83. The third-order valence-corrected chi connectivity index (χ3v) is 4.57. The first-order valence-corrected chi connectivity index (χ1v) is 8.52. The van der Waals surface area contributed by atoms with Gasteiger partial charge in [0.15, 0.2) is 0 Å². The minimum atomic E-state index is -0.696. The van der Waals surface area contributed by atoms with Gasteiger partial charge in [-0.1, -0.05) is 30.3 Å². The molecule has 28 heavy (non-hydrogen) atoms. The van der Waals surface area contributed by atoms with Crippen LogP contribution in [-0.4, -0.2) is 16.8 Å². The highest BCUT2D eigenvalue weighted by Crippen LogP contribution is 2.38. The molecule has 0 aliphatic rings. The lowest BCUT2D eigenvalue weighted by molar-refractivity contribution is -0.114. The molecule has 0 spiro atoms. The van der Waals surface area contributed by atoms with Crippen molar-refractivity contribution in [1.82, 2.24) is 4.98 Å². The van der Waals surface area contributed by atoms with Gasteiger partial charge in [0, 0.05) is 34.5 Å². The minimum absolute atomic E-state index is 0.202. The maximum Gasteiger partial charge on any atom is 0.296 e. The van der Waals surface area contributed by atoms with Gasteiger partial charge >= 0.3 is 0 Å². The molecule has 3 aromatic carbocycles. The van der Waals surface area contributed by atoms with Gasteiger partial charge in [0.05, 0.1) is 11.1 Å². The second-order valence-electron chi connectivity index (χ2n) is 6.37. The molecule has 0 atom stereocenters. The molecule has 138 valence electrons. The van der Waals surface area contributed by atoms with Crippen LogP contribution in [0.5, 0.6) is 0 Å². The van der Waals surface area contributed by atoms with Crippen LogP contribution in [0.4, 0.5) is 10.1 Å². The summed E-state index contributed by atoms with van der Waals surface area (Å²) in [6, 6.07) is 14.9. The fourth-order valence-electron chi connectivity index (χ4n) is 3.44. The predicted octanol–water partition coefficient (Wildman–Crippen LogP) is 5.26. The molecule has 0 fully saturated rings. The molecule has 6 nitrogen and oxygen atoms in total. The molecule has 1 heterocycles. The van der Waals surface area contributed by atoms with E-state index < -0.39 is 5.91 Å². The number of benzene rings is 3. The lowest BCUT2D eigenvalue weighted by Crippen LogP contribution is -2.05. The highest BCUT2D eigenvalue weighted by molar-refractivity contribution is 6.20. The van der Waals surface area contributed by atoms with Crippen molar-refractivity contribution in [3.63, 3.8) is 0 Å². The number of aromatic amines is 1. The number of anilines is 1. The van der Waals surface area contributed by atoms with Crippen LogP contribution in [0, 0.1) is 11.3 Å². The number of aromatic nitrogens is 1. The van der Waals surface area contributed by atoms with Crippen molar-refractivity contribution in [2.45, 2.75) is 6.92 Å². The number of nitrogens with one attached hydrogen (secondary N) is 3. The molecule has 4 aromatic rings. The second kappa shape index (κ2) is 6.70. The maximum absolute atomic E-state index is 14.5. The van der Waals surface area contributed by atoms with Crippen molar-refractivity contribution in [2.24, 2.45) is 5.11 Å². The molecule has 0 saturated heterocycles. The number of halogens is 1. The molecule has 0 bridgehead atoms. The van der Waals surface area contributed by atoms with Gasteiger partial charge in [-0.25, -0.2) is 9.92 Å². The van der Waals surface area contributed by atoms with Crippen LogP contribution in [0.15, 0.2) is 59.7 Å². The Morgan fingerprint density at radius 1 is 1.07 bits per heavy atom. The standard InChI is InChI=1S/C21H15FN4O2/c1-11(27)24-12-6-7-15-18(10-12)25-20-16(21(28)26-23)9-8-14(19(15)20)13-4-2-3-5-17(13)22/h2-10,23,25H,1H3,(H,24,27). The SMILES string of the molecule is CC(=O)Nc1ccc2c(c1)[nH]c1c(C(=O)N=N)ccc(-c3ccccc3F)c12. The lowest BCUT2D eigenvalue weighted by Gasteiger charge is -2.08. The number of carbonyl (C=O) groups is 2. The molecule has 7 heteroatoms. The predicted molar refractivity (Wildman–Crippen MR) is 105 cm³/mol. The van der Waals surface area contributed by atoms with E-state index in [9.17, 15) is 14.0 Å². The Labute approximate surface area is 158 Å². The van der Waals surface area contributed by atoms with Crippen LogP contribution in [-0.2, 0) is 4.79 Å². The van der Waals surface area contributed by atoms with Gasteiger partial charge in [0.2, 0.25) is 5.91 Å². The van der Waals surface area contributed by atoms with E-state index in [0.29, 0.717) is 33.2 Å². The molecule has 0 radical (unpaired) electrons. The van der Waals surface area contributed by atoms with Crippen LogP contribution >= 0.6 is 0 Å². The Kier molecular flexibility index (Phi) is 4.19. The van der Waals surface area contributed by atoms with Crippen LogP contribution in [0.2, 0.25) is 0 Å². The highest BCUT2D eigenvalue weighted by atomic mass is 19.1. The molecule has 0 unspecified atom stereocenters. The van der Waals surface area contributed by atoms with E-state index in [1.165, 1.54) is 19.1 Å². The summed E-state index contributed by atoms with van der Waals surface area (Å²) >= 11 is 0. The summed E-state index contributed by atoms with van der Waals surface area (Å²) in [6.07, 6.45) is 0. The fourth-order valence-corrected chi connectivity index (χ4v) is 3.44. The van der Waals surface area contributed by atoms with E-state index in [0.717, 1.165) is 5.39 Å². The smallest absolute Gasteiger partial charge is 0.296 e. The normalized spacial score (nSPS) is 10.9. The average molecular weight is 374 g/mol. The van der Waals surface area contributed by atoms with Gasteiger partial charge in [0.25, 0.3) is 5.91 Å². The molecular formula is C21H15FN4O2. The van der Waals surface area contributed by atoms with Crippen molar-refractivity contribution in [2.75, 3.05) is 5.32 Å². The molecule has 3 N–H and O–H groups in total. The van der Waals surface area contributed by atoms with E-state index in [2.05, 4.69) is 15.4 Å². The Morgan fingerprint density at radius 3 is 2.57 bits per heavy atom. The number of hydrogen-bond donors (Lipinski definition) is 3. The van der Waals surface area contributed by atoms with E-state index in [4.69, 9.17) is 5.53 Å². The quantitative estimate of drug-likeness (QED) is 0.426. The summed E-state index contributed by atoms with van der Waals surface area (Å²) in [7, 11) is 0. The topological polar surface area (TPSA) is 98.2 Å². The van der Waals surface area contributed by atoms with E-state index in [-0.39, 0.29) is 17.3 Å². The van der Waals surface area contributed by atoms with Crippen LogP contribution in [0.3, 0.4) is 0 Å². The molecule has 4 rings (SSSR count). The number of hydrogen-bond acceptors (Lipinski definition) is 3. The zero-order chi connectivity index (χ0) is 19.8. The summed E-state index contributed by atoms with van der Waals surface area (Å²) in [5.74, 6) is -1.28. The summed E-state index contributed by atoms with van der Waals surface area (Å²) < 4.78 is 14.5. The largest absolute Gasteiger partial charge is 0.354 e. The summed E-state index contributed by atoms with van der Waals surface area (Å²) in [5.41, 5.74) is 10.1. The first-order chi connectivity index (χ1) is 13.5. The van der Waals surface area contributed by atoms with Crippen molar-refractivity contribution >= 4 is 39.3 Å².